The first-order valence-corrected chi connectivity index (χ1v) is 10.5. The van der Waals surface area contributed by atoms with Gasteiger partial charge in [-0.25, -0.2) is 5.01 Å². The summed E-state index contributed by atoms with van der Waals surface area (Å²) in [5.41, 5.74) is 2.96. The first-order valence-electron chi connectivity index (χ1n) is 9.73. The Balaban J connectivity index is 1.62. The second kappa shape index (κ2) is 9.07. The highest BCUT2D eigenvalue weighted by atomic mass is 79.9. The van der Waals surface area contributed by atoms with Crippen LogP contribution < -0.4 is 4.74 Å². The minimum atomic E-state index is -0.146. The van der Waals surface area contributed by atoms with Crippen molar-refractivity contribution >= 4 is 27.5 Å². The number of nitrogens with zero attached hydrogens (tertiary/aromatic N) is 3. The summed E-state index contributed by atoms with van der Waals surface area (Å²) in [6.07, 6.45) is 0.665. The SMILES string of the molecule is COc1cccc([C@@H]2CC(c3cccc(Br)c3)=NN2C(=O)CN2CCOCC2)c1. The molecule has 0 saturated carbocycles. The molecule has 2 aromatic carbocycles. The fraction of sp³-hybridized carbons (Fsp3) is 0.364. The third-order valence-electron chi connectivity index (χ3n) is 5.26. The van der Waals surface area contributed by atoms with E-state index in [9.17, 15) is 4.79 Å². The molecule has 0 aromatic heterocycles. The number of benzene rings is 2. The molecule has 0 spiro atoms. The average molecular weight is 458 g/mol. The van der Waals surface area contributed by atoms with Crippen molar-refractivity contribution < 1.29 is 14.3 Å². The van der Waals surface area contributed by atoms with Gasteiger partial charge in [-0.05, 0) is 35.4 Å². The molecule has 2 heterocycles. The van der Waals surface area contributed by atoms with Gasteiger partial charge in [-0.15, -0.1) is 0 Å². The number of carbonyl (C=O) groups excluding carboxylic acids is 1. The smallest absolute Gasteiger partial charge is 0.257 e. The van der Waals surface area contributed by atoms with Gasteiger partial charge in [0.15, 0.2) is 0 Å². The zero-order valence-electron chi connectivity index (χ0n) is 16.4. The molecule has 1 atom stereocenters. The second-order valence-electron chi connectivity index (χ2n) is 7.18. The first kappa shape index (κ1) is 20.1. The van der Waals surface area contributed by atoms with Gasteiger partial charge < -0.3 is 9.47 Å². The molecule has 0 radical (unpaired) electrons. The highest BCUT2D eigenvalue weighted by molar-refractivity contribution is 9.10. The quantitative estimate of drug-likeness (QED) is 0.689. The predicted octanol–water partition coefficient (Wildman–Crippen LogP) is 3.47. The molecule has 2 aliphatic heterocycles. The highest BCUT2D eigenvalue weighted by Crippen LogP contribution is 2.34. The lowest BCUT2D eigenvalue weighted by Gasteiger charge is -2.29. The molecule has 152 valence electrons. The lowest BCUT2D eigenvalue weighted by molar-refractivity contribution is -0.135. The van der Waals surface area contributed by atoms with Gasteiger partial charge in [-0.3, -0.25) is 9.69 Å². The zero-order valence-corrected chi connectivity index (χ0v) is 18.0. The van der Waals surface area contributed by atoms with E-state index in [4.69, 9.17) is 14.6 Å². The van der Waals surface area contributed by atoms with E-state index in [1.165, 1.54) is 0 Å². The minimum Gasteiger partial charge on any atom is -0.497 e. The van der Waals surface area contributed by atoms with Crippen LogP contribution in [0, 0.1) is 0 Å². The maximum Gasteiger partial charge on any atom is 0.257 e. The van der Waals surface area contributed by atoms with Gasteiger partial charge in [0.05, 0.1) is 38.6 Å². The van der Waals surface area contributed by atoms with E-state index < -0.39 is 0 Å². The summed E-state index contributed by atoms with van der Waals surface area (Å²) in [5, 5.41) is 6.41. The van der Waals surface area contributed by atoms with Gasteiger partial charge in [0.2, 0.25) is 0 Å². The molecular formula is C22H24BrN3O3. The number of hydrogen-bond donors (Lipinski definition) is 0. The van der Waals surface area contributed by atoms with Crippen LogP contribution in [0.1, 0.15) is 23.6 Å². The number of carbonyl (C=O) groups is 1. The van der Waals surface area contributed by atoms with E-state index in [0.29, 0.717) is 26.2 Å². The third-order valence-corrected chi connectivity index (χ3v) is 5.76. The summed E-state index contributed by atoms with van der Waals surface area (Å²) in [7, 11) is 1.65. The van der Waals surface area contributed by atoms with Crippen LogP contribution >= 0.6 is 15.9 Å². The number of rotatable bonds is 5. The molecule has 0 unspecified atom stereocenters. The fourth-order valence-electron chi connectivity index (χ4n) is 3.71. The third kappa shape index (κ3) is 4.69. The molecule has 1 fully saturated rings. The van der Waals surface area contributed by atoms with Crippen LogP contribution in [0.4, 0.5) is 0 Å². The summed E-state index contributed by atoms with van der Waals surface area (Å²) in [5.74, 6) is 0.781. The standard InChI is InChI=1S/C22H24BrN3O3/c1-28-19-7-3-5-17(13-19)21-14-20(16-4-2-6-18(23)12-16)24-26(21)22(27)15-25-8-10-29-11-9-25/h2-7,12-13,21H,8-11,14-15H2,1H3/t21-/m0/s1. The van der Waals surface area contributed by atoms with Crippen LogP contribution in [-0.2, 0) is 9.53 Å². The molecule has 2 aliphatic rings. The lowest BCUT2D eigenvalue weighted by atomic mass is 9.98. The molecule has 7 heteroatoms. The summed E-state index contributed by atoms with van der Waals surface area (Å²) in [6.45, 7) is 3.22. The van der Waals surface area contributed by atoms with Crippen LogP contribution in [0.2, 0.25) is 0 Å². The largest absolute Gasteiger partial charge is 0.497 e. The topological polar surface area (TPSA) is 54.4 Å². The fourth-order valence-corrected chi connectivity index (χ4v) is 4.11. The van der Waals surface area contributed by atoms with Crippen LogP contribution in [0.25, 0.3) is 0 Å². The summed E-state index contributed by atoms with van der Waals surface area (Å²) in [6, 6.07) is 15.8. The Morgan fingerprint density at radius 1 is 1.21 bits per heavy atom. The molecule has 29 heavy (non-hydrogen) atoms. The van der Waals surface area contributed by atoms with Crippen molar-refractivity contribution in [3.8, 4) is 5.75 Å². The Bertz CT molecular complexity index is 912. The molecule has 1 amide bonds. The number of hydrazone groups is 1. The molecule has 6 nitrogen and oxygen atoms in total. The maximum atomic E-state index is 13.2. The summed E-state index contributed by atoms with van der Waals surface area (Å²) in [4.78, 5) is 15.3. The Labute approximate surface area is 179 Å². The van der Waals surface area contributed by atoms with Crippen LogP contribution in [0.3, 0.4) is 0 Å². The van der Waals surface area contributed by atoms with E-state index in [1.54, 1.807) is 12.1 Å². The van der Waals surface area contributed by atoms with Crippen LogP contribution in [0.5, 0.6) is 5.75 Å². The maximum absolute atomic E-state index is 13.2. The van der Waals surface area contributed by atoms with E-state index in [-0.39, 0.29) is 11.9 Å². The molecular weight excluding hydrogens is 434 g/mol. The number of hydrogen-bond acceptors (Lipinski definition) is 5. The Morgan fingerprint density at radius 3 is 2.76 bits per heavy atom. The minimum absolute atomic E-state index is 0.00437. The van der Waals surface area contributed by atoms with E-state index in [2.05, 4.69) is 20.8 Å². The van der Waals surface area contributed by atoms with Crippen molar-refractivity contribution in [2.24, 2.45) is 5.10 Å². The molecule has 0 bridgehead atoms. The number of morpholine rings is 1. The zero-order chi connectivity index (χ0) is 20.2. The van der Waals surface area contributed by atoms with Crippen molar-refractivity contribution in [2.75, 3.05) is 40.0 Å². The van der Waals surface area contributed by atoms with Gasteiger partial charge >= 0.3 is 0 Å². The van der Waals surface area contributed by atoms with Crippen molar-refractivity contribution in [1.82, 2.24) is 9.91 Å². The van der Waals surface area contributed by atoms with Crippen LogP contribution in [0.15, 0.2) is 58.1 Å². The van der Waals surface area contributed by atoms with Gasteiger partial charge in [0.25, 0.3) is 5.91 Å². The van der Waals surface area contributed by atoms with Crippen molar-refractivity contribution in [3.63, 3.8) is 0 Å². The Kier molecular flexibility index (Phi) is 6.28. The van der Waals surface area contributed by atoms with E-state index >= 15 is 0 Å². The van der Waals surface area contributed by atoms with Crippen molar-refractivity contribution in [2.45, 2.75) is 12.5 Å². The molecule has 0 aliphatic carbocycles. The summed E-state index contributed by atoms with van der Waals surface area (Å²) >= 11 is 3.53. The Morgan fingerprint density at radius 2 is 2.00 bits per heavy atom. The normalized spacial score (nSPS) is 19.9. The first-order chi connectivity index (χ1) is 14.1. The number of ether oxygens (including phenoxy) is 2. The monoisotopic (exact) mass is 457 g/mol. The van der Waals surface area contributed by atoms with E-state index in [0.717, 1.165) is 40.2 Å². The lowest BCUT2D eigenvalue weighted by Crippen LogP contribution is -2.43. The van der Waals surface area contributed by atoms with Gasteiger partial charge in [-0.2, -0.15) is 5.10 Å². The van der Waals surface area contributed by atoms with Crippen molar-refractivity contribution in [1.29, 1.82) is 0 Å². The molecule has 1 saturated heterocycles. The highest BCUT2D eigenvalue weighted by Gasteiger charge is 2.34. The second-order valence-corrected chi connectivity index (χ2v) is 8.10. The Hall–Kier alpha value is -2.22. The molecule has 2 aromatic rings. The molecule has 4 rings (SSSR count). The van der Waals surface area contributed by atoms with Crippen molar-refractivity contribution in [3.05, 3.63) is 64.1 Å². The predicted molar refractivity (Wildman–Crippen MR) is 115 cm³/mol. The molecule has 0 N–H and O–H groups in total. The number of methoxy groups -OCH3 is 1. The van der Waals surface area contributed by atoms with Crippen LogP contribution in [-0.4, -0.2) is 61.5 Å². The van der Waals surface area contributed by atoms with Gasteiger partial charge in [-0.1, -0.05) is 40.2 Å². The number of amides is 1. The van der Waals surface area contributed by atoms with Gasteiger partial charge in [0, 0.05) is 24.0 Å². The average Bonchev–Trinajstić information content (AvgIpc) is 3.20. The number of halogens is 1. The van der Waals surface area contributed by atoms with Gasteiger partial charge in [0.1, 0.15) is 5.75 Å². The van der Waals surface area contributed by atoms with E-state index in [1.807, 2.05) is 48.5 Å². The summed E-state index contributed by atoms with van der Waals surface area (Å²) < 4.78 is 11.8.